The van der Waals surface area contributed by atoms with Crippen LogP contribution in [0.15, 0.2) is 194 Å². The van der Waals surface area contributed by atoms with Gasteiger partial charge in [0.2, 0.25) is 0 Å². The maximum absolute atomic E-state index is 15.2. The van der Waals surface area contributed by atoms with E-state index in [4.69, 9.17) is 0 Å². The van der Waals surface area contributed by atoms with E-state index >= 15 is 9.59 Å². The number of hydrogen-bond acceptors (Lipinski definition) is 2. The van der Waals surface area contributed by atoms with Gasteiger partial charge < -0.3 is 0 Å². The Balaban J connectivity index is 1.30. The van der Waals surface area contributed by atoms with Gasteiger partial charge in [0.1, 0.15) is 0 Å². The Bertz CT molecular complexity index is 2570. The maximum atomic E-state index is 15.2. The summed E-state index contributed by atoms with van der Waals surface area (Å²) in [4.78, 5) is 30.5. The zero-order chi connectivity index (χ0) is 38.2. The molecular formula is C54H38O2. The lowest BCUT2D eigenvalue weighted by Gasteiger charge is -2.15. The van der Waals surface area contributed by atoms with Gasteiger partial charge in [0.15, 0.2) is 11.6 Å². The molecule has 9 rings (SSSR count). The third kappa shape index (κ3) is 6.12. The molecule has 266 valence electrons. The fraction of sp³-hybridized carbons (Fsp3) is 0.0370. The highest BCUT2D eigenvalue weighted by Gasteiger charge is 2.38. The summed E-state index contributed by atoms with van der Waals surface area (Å²) in [7, 11) is 0. The Labute approximate surface area is 328 Å². The van der Waals surface area contributed by atoms with E-state index in [2.05, 4.69) is 86.6 Å². The molecule has 0 fully saturated rings. The quantitative estimate of drug-likeness (QED) is 0.157. The fourth-order valence-electron chi connectivity index (χ4n) is 8.15. The summed E-state index contributed by atoms with van der Waals surface area (Å²) in [5.74, 6) is -0.0793. The summed E-state index contributed by atoms with van der Waals surface area (Å²) in [6, 6.07) is 65.3. The zero-order valence-electron chi connectivity index (χ0n) is 31.3. The summed E-state index contributed by atoms with van der Waals surface area (Å²) in [6.45, 7) is 4.12. The molecule has 0 aliphatic heterocycles. The first-order valence-electron chi connectivity index (χ1n) is 19.0. The van der Waals surface area contributed by atoms with Crippen molar-refractivity contribution < 1.29 is 9.59 Å². The average molecular weight is 719 g/mol. The molecule has 7 aromatic rings. The average Bonchev–Trinajstić information content (AvgIpc) is 3.73. The molecule has 56 heavy (non-hydrogen) atoms. The summed E-state index contributed by atoms with van der Waals surface area (Å²) < 4.78 is 0. The molecule has 0 heterocycles. The van der Waals surface area contributed by atoms with E-state index in [0.29, 0.717) is 22.3 Å². The second kappa shape index (κ2) is 14.6. The number of ketones is 2. The maximum Gasteiger partial charge on any atom is 0.195 e. The number of carbonyl (C=O) groups excluding carboxylic acids is 2. The van der Waals surface area contributed by atoms with Crippen LogP contribution in [0.4, 0.5) is 0 Å². The van der Waals surface area contributed by atoms with E-state index in [-0.39, 0.29) is 11.6 Å². The number of benzene rings is 7. The third-order valence-corrected chi connectivity index (χ3v) is 10.8. The molecule has 0 saturated carbocycles. The Kier molecular flexibility index (Phi) is 9.01. The predicted octanol–water partition coefficient (Wildman–Crippen LogP) is 12.5. The number of rotatable bonds is 8. The number of Topliss-reactive ketones (excluding diaryl/α,β-unsaturated/α-hetero) is 2. The first-order valence-corrected chi connectivity index (χ1v) is 19.0. The van der Waals surface area contributed by atoms with Crippen LogP contribution in [0.1, 0.15) is 55.6 Å². The minimum atomic E-state index is -0.0397. The Morgan fingerprint density at radius 1 is 0.232 bits per heavy atom. The lowest BCUT2D eigenvalue weighted by Crippen LogP contribution is -2.05. The molecule has 7 aromatic carbocycles. The van der Waals surface area contributed by atoms with Crippen LogP contribution < -0.4 is 0 Å². The lowest BCUT2D eigenvalue weighted by atomic mass is 9.87. The van der Waals surface area contributed by atoms with Gasteiger partial charge in [-0.25, -0.2) is 0 Å². The molecule has 0 unspecified atom stereocenters. The molecule has 0 atom stereocenters. The van der Waals surface area contributed by atoms with Crippen molar-refractivity contribution >= 4 is 56.2 Å². The van der Waals surface area contributed by atoms with Crippen molar-refractivity contribution in [1.82, 2.24) is 0 Å². The van der Waals surface area contributed by atoms with Gasteiger partial charge in [0.25, 0.3) is 0 Å². The molecule has 2 aliphatic carbocycles. The van der Waals surface area contributed by atoms with E-state index in [1.807, 2.05) is 121 Å². The highest BCUT2D eigenvalue weighted by Crippen LogP contribution is 2.52. The normalized spacial score (nSPS) is 14.4. The Hall–Kier alpha value is -7.16. The third-order valence-electron chi connectivity index (χ3n) is 10.8. The molecule has 2 aliphatic rings. The largest absolute Gasteiger partial charge is 0.289 e. The van der Waals surface area contributed by atoms with Crippen molar-refractivity contribution in [3.05, 3.63) is 250 Å². The van der Waals surface area contributed by atoms with Gasteiger partial charge in [-0.05, 0) is 64.4 Å². The monoisotopic (exact) mass is 718 g/mol. The molecule has 0 radical (unpaired) electrons. The van der Waals surface area contributed by atoms with Crippen LogP contribution in [0.2, 0.25) is 0 Å². The van der Waals surface area contributed by atoms with Crippen LogP contribution in [0.25, 0.3) is 44.6 Å². The van der Waals surface area contributed by atoms with Crippen LogP contribution >= 0.6 is 0 Å². The SMILES string of the molecule is Cc1ccc(C2=C(c3ccccc3)C(c3ccccc3)=C(c3cccc(C4=C(c5ccccc5)C(c5ccccc5)=C(c5ccc(C)cc5)C4=O)c3)C2=O)cc1. The molecule has 0 amide bonds. The fourth-order valence-corrected chi connectivity index (χ4v) is 8.15. The Morgan fingerprint density at radius 2 is 0.464 bits per heavy atom. The van der Waals surface area contributed by atoms with Gasteiger partial charge in [-0.2, -0.15) is 0 Å². The smallest absolute Gasteiger partial charge is 0.195 e. The van der Waals surface area contributed by atoms with Crippen LogP contribution in [0, 0.1) is 13.8 Å². The first kappa shape index (κ1) is 34.6. The van der Waals surface area contributed by atoms with E-state index in [1.165, 1.54) is 0 Å². The minimum Gasteiger partial charge on any atom is -0.289 e. The second-order valence-electron chi connectivity index (χ2n) is 14.4. The van der Waals surface area contributed by atoms with Crippen LogP contribution in [0.5, 0.6) is 0 Å². The molecule has 0 spiro atoms. The molecule has 0 bridgehead atoms. The van der Waals surface area contributed by atoms with Gasteiger partial charge in [-0.3, -0.25) is 9.59 Å². The predicted molar refractivity (Wildman–Crippen MR) is 232 cm³/mol. The van der Waals surface area contributed by atoms with Gasteiger partial charge in [0, 0.05) is 44.6 Å². The van der Waals surface area contributed by atoms with Crippen molar-refractivity contribution in [2.75, 3.05) is 0 Å². The number of hydrogen-bond donors (Lipinski definition) is 0. The molecule has 0 saturated heterocycles. The standard InChI is InChI=1S/C54H38O2/c1-35-26-30-41(31-27-35)49-45(37-16-7-3-8-17-37)47(39-20-11-5-12-21-39)51(53(49)55)43-24-15-25-44(34-43)52-48(40-22-13-6-14-23-40)46(38-18-9-4-10-19-38)50(54(52)56)42-32-28-36(2)29-33-42/h3-34H,1-2H3. The highest BCUT2D eigenvalue weighted by atomic mass is 16.1. The van der Waals surface area contributed by atoms with Crippen LogP contribution in [0.3, 0.4) is 0 Å². The van der Waals surface area contributed by atoms with Gasteiger partial charge in [0.05, 0.1) is 0 Å². The van der Waals surface area contributed by atoms with E-state index < -0.39 is 0 Å². The molecule has 2 nitrogen and oxygen atoms in total. The summed E-state index contributed by atoms with van der Waals surface area (Å²) in [5, 5.41) is 0. The zero-order valence-corrected chi connectivity index (χ0v) is 31.3. The van der Waals surface area contributed by atoms with E-state index in [0.717, 1.165) is 77.9 Å². The number of aryl methyl sites for hydroxylation is 2. The van der Waals surface area contributed by atoms with E-state index in [9.17, 15) is 0 Å². The number of allylic oxidation sites excluding steroid dienone is 8. The lowest BCUT2D eigenvalue weighted by molar-refractivity contribution is -0.109. The van der Waals surface area contributed by atoms with Gasteiger partial charge in [-0.1, -0.05) is 199 Å². The molecule has 2 heteroatoms. The van der Waals surface area contributed by atoms with Crippen molar-refractivity contribution in [1.29, 1.82) is 0 Å². The molecule has 0 N–H and O–H groups in total. The molecular weight excluding hydrogens is 681 g/mol. The summed E-state index contributed by atoms with van der Waals surface area (Å²) in [6.07, 6.45) is 0. The topological polar surface area (TPSA) is 34.1 Å². The number of carbonyl (C=O) groups is 2. The van der Waals surface area contributed by atoms with E-state index in [1.54, 1.807) is 0 Å². The van der Waals surface area contributed by atoms with Crippen molar-refractivity contribution in [3.8, 4) is 0 Å². The van der Waals surface area contributed by atoms with Crippen molar-refractivity contribution in [2.24, 2.45) is 0 Å². The summed E-state index contributed by atoms with van der Waals surface area (Å²) >= 11 is 0. The van der Waals surface area contributed by atoms with Crippen LogP contribution in [-0.2, 0) is 9.59 Å². The van der Waals surface area contributed by atoms with Gasteiger partial charge >= 0.3 is 0 Å². The van der Waals surface area contributed by atoms with Crippen molar-refractivity contribution in [3.63, 3.8) is 0 Å². The van der Waals surface area contributed by atoms with Crippen LogP contribution in [-0.4, -0.2) is 11.6 Å². The van der Waals surface area contributed by atoms with Gasteiger partial charge in [-0.15, -0.1) is 0 Å². The first-order chi connectivity index (χ1) is 27.5. The second-order valence-corrected chi connectivity index (χ2v) is 14.4. The Morgan fingerprint density at radius 3 is 0.750 bits per heavy atom. The summed E-state index contributed by atoms with van der Waals surface area (Å²) in [5.41, 5.74) is 15.5. The highest BCUT2D eigenvalue weighted by molar-refractivity contribution is 6.60. The van der Waals surface area contributed by atoms with Crippen molar-refractivity contribution in [2.45, 2.75) is 13.8 Å². The minimum absolute atomic E-state index is 0.0397. The molecule has 0 aromatic heterocycles.